The van der Waals surface area contributed by atoms with Crippen molar-refractivity contribution in [2.45, 2.75) is 32.8 Å². The molecule has 0 bridgehead atoms. The summed E-state index contributed by atoms with van der Waals surface area (Å²) >= 11 is 0. The quantitative estimate of drug-likeness (QED) is 0.781. The van der Waals surface area contributed by atoms with E-state index >= 15 is 0 Å². The second-order valence-corrected chi connectivity index (χ2v) is 8.20. The third-order valence-corrected chi connectivity index (χ3v) is 5.84. The van der Waals surface area contributed by atoms with Crippen molar-refractivity contribution in [1.82, 2.24) is 4.90 Å². The lowest BCUT2D eigenvalue weighted by atomic mass is 9.58. The maximum atomic E-state index is 10.2. The topological polar surface area (TPSA) is 119 Å². The lowest BCUT2D eigenvalue weighted by molar-refractivity contribution is 0.221. The molecule has 160 valence electrons. The monoisotopic (exact) mass is 417 g/mol. The van der Waals surface area contributed by atoms with Crippen molar-refractivity contribution in [1.29, 1.82) is 15.8 Å². The number of nitrogens with two attached hydrogens (primary N) is 1. The highest BCUT2D eigenvalue weighted by Gasteiger charge is 2.54. The average Bonchev–Trinajstić information content (AvgIpc) is 2.74. The average molecular weight is 418 g/mol. The van der Waals surface area contributed by atoms with Gasteiger partial charge in [0.2, 0.25) is 0 Å². The molecule has 2 aliphatic rings. The van der Waals surface area contributed by atoms with E-state index in [2.05, 4.69) is 23.1 Å². The molecular formula is C24H27N5O2. The van der Waals surface area contributed by atoms with E-state index in [1.807, 2.05) is 52.1 Å². The molecule has 0 aromatic heterocycles. The minimum Gasteiger partial charge on any atom is -0.490 e. The number of benzene rings is 1. The van der Waals surface area contributed by atoms with Gasteiger partial charge in [-0.15, -0.1) is 0 Å². The summed E-state index contributed by atoms with van der Waals surface area (Å²) in [5.41, 5.74) is 6.54. The molecule has 2 N–H and O–H groups in total. The third kappa shape index (κ3) is 3.72. The maximum absolute atomic E-state index is 10.2. The number of rotatable bonds is 5. The maximum Gasteiger partial charge on any atom is 0.191 e. The number of hydrogen-bond acceptors (Lipinski definition) is 7. The smallest absolute Gasteiger partial charge is 0.191 e. The Labute approximate surface area is 183 Å². The first-order valence-electron chi connectivity index (χ1n) is 10.4. The Morgan fingerprint density at radius 2 is 1.94 bits per heavy atom. The standard InChI is InChI=1S/C24H27N5O2/c1-5-30-21-10-16(6-7-20(21)31-15(2)3)22-19-12-29(4)9-8-17(19)18(11-25)23(28)24(22,13-26)14-27/h6-8,10,15,19,22H,5,9,12,28H2,1-4H3/t19-,22+/m0/s1. The van der Waals surface area contributed by atoms with Crippen LogP contribution in [0.5, 0.6) is 11.5 Å². The number of likely N-dealkylation sites (N-methyl/N-ethyl adjacent to an activating group) is 1. The number of nitrogens with zero attached hydrogens (tertiary/aromatic N) is 4. The molecule has 1 aliphatic heterocycles. The van der Waals surface area contributed by atoms with Crippen LogP contribution in [0.15, 0.2) is 41.1 Å². The van der Waals surface area contributed by atoms with Crippen molar-refractivity contribution in [2.24, 2.45) is 17.1 Å². The van der Waals surface area contributed by atoms with Crippen molar-refractivity contribution in [3.63, 3.8) is 0 Å². The van der Waals surface area contributed by atoms with E-state index in [0.717, 1.165) is 11.1 Å². The molecule has 3 rings (SSSR count). The largest absolute Gasteiger partial charge is 0.490 e. The lowest BCUT2D eigenvalue weighted by Crippen LogP contribution is -2.47. The Morgan fingerprint density at radius 3 is 2.52 bits per heavy atom. The number of hydrogen-bond donors (Lipinski definition) is 1. The van der Waals surface area contributed by atoms with Gasteiger partial charge < -0.3 is 20.1 Å². The van der Waals surface area contributed by atoms with Crippen LogP contribution in [0.3, 0.4) is 0 Å². The second kappa shape index (κ2) is 8.72. The van der Waals surface area contributed by atoms with E-state index in [1.54, 1.807) is 0 Å². The van der Waals surface area contributed by atoms with Crippen LogP contribution in [0.4, 0.5) is 0 Å². The van der Waals surface area contributed by atoms with Gasteiger partial charge >= 0.3 is 0 Å². The minimum atomic E-state index is -1.66. The summed E-state index contributed by atoms with van der Waals surface area (Å²) in [6.07, 6.45) is 1.95. The van der Waals surface area contributed by atoms with Crippen LogP contribution >= 0.6 is 0 Å². The molecule has 31 heavy (non-hydrogen) atoms. The fourth-order valence-electron chi connectivity index (χ4n) is 4.54. The number of fused-ring (bicyclic) bond motifs is 1. The van der Waals surface area contributed by atoms with Crippen molar-refractivity contribution < 1.29 is 9.47 Å². The lowest BCUT2D eigenvalue weighted by Gasteiger charge is -2.45. The summed E-state index contributed by atoms with van der Waals surface area (Å²) in [4.78, 5) is 2.11. The summed E-state index contributed by atoms with van der Waals surface area (Å²) in [6, 6.07) is 12.0. The third-order valence-electron chi connectivity index (χ3n) is 5.84. The SMILES string of the molecule is CCOc1cc([C@@H]2[C@H]3CN(C)CC=C3C(C#N)=C(N)C2(C#N)C#N)ccc1OC(C)C. The molecule has 0 saturated carbocycles. The first-order valence-corrected chi connectivity index (χ1v) is 10.4. The Bertz CT molecular complexity index is 1040. The number of ether oxygens (including phenoxy) is 2. The molecule has 0 fully saturated rings. The molecule has 1 aromatic carbocycles. The molecule has 2 atom stereocenters. The van der Waals surface area contributed by atoms with Crippen LogP contribution in [-0.2, 0) is 0 Å². The summed E-state index contributed by atoms with van der Waals surface area (Å²) in [7, 11) is 1.98. The highest BCUT2D eigenvalue weighted by Crippen LogP contribution is 2.54. The summed E-state index contributed by atoms with van der Waals surface area (Å²) in [5, 5.41) is 30.1. The summed E-state index contributed by atoms with van der Waals surface area (Å²) in [5.74, 6) is 0.378. The minimum absolute atomic E-state index is 0.0255. The fourth-order valence-corrected chi connectivity index (χ4v) is 4.54. The van der Waals surface area contributed by atoms with E-state index in [-0.39, 0.29) is 23.3 Å². The highest BCUT2D eigenvalue weighted by molar-refractivity contribution is 5.60. The molecule has 1 aromatic rings. The van der Waals surface area contributed by atoms with Gasteiger partial charge in [0.25, 0.3) is 0 Å². The molecule has 7 heteroatoms. The Hall–Kier alpha value is -3.47. The van der Waals surface area contributed by atoms with Crippen molar-refractivity contribution >= 4 is 0 Å². The van der Waals surface area contributed by atoms with Gasteiger partial charge in [-0.2, -0.15) is 15.8 Å². The van der Waals surface area contributed by atoms with Crippen LogP contribution in [0.25, 0.3) is 0 Å². The molecular weight excluding hydrogens is 390 g/mol. The number of allylic oxidation sites excluding steroid dienone is 2. The molecule has 1 heterocycles. The van der Waals surface area contributed by atoms with E-state index < -0.39 is 11.3 Å². The van der Waals surface area contributed by atoms with Gasteiger partial charge in [-0.3, -0.25) is 0 Å². The van der Waals surface area contributed by atoms with Gasteiger partial charge in [-0.05, 0) is 51.1 Å². The van der Waals surface area contributed by atoms with Crippen LogP contribution in [0.2, 0.25) is 0 Å². The van der Waals surface area contributed by atoms with Gasteiger partial charge in [0, 0.05) is 24.9 Å². The van der Waals surface area contributed by atoms with Crippen LogP contribution < -0.4 is 15.2 Å². The van der Waals surface area contributed by atoms with E-state index in [0.29, 0.717) is 31.2 Å². The second-order valence-electron chi connectivity index (χ2n) is 8.20. The van der Waals surface area contributed by atoms with Crippen LogP contribution in [0.1, 0.15) is 32.3 Å². The molecule has 0 spiro atoms. The van der Waals surface area contributed by atoms with Gasteiger partial charge in [0.05, 0.1) is 36.1 Å². The first-order chi connectivity index (χ1) is 14.8. The van der Waals surface area contributed by atoms with Crippen LogP contribution in [-0.4, -0.2) is 37.7 Å². The zero-order chi connectivity index (χ0) is 22.8. The Morgan fingerprint density at radius 1 is 1.23 bits per heavy atom. The van der Waals surface area contributed by atoms with Crippen molar-refractivity contribution in [3.8, 4) is 29.7 Å². The zero-order valence-corrected chi connectivity index (χ0v) is 18.3. The molecule has 0 amide bonds. The predicted octanol–water partition coefficient (Wildman–Crippen LogP) is 3.23. The number of nitriles is 3. The van der Waals surface area contributed by atoms with Crippen LogP contribution in [0, 0.1) is 45.3 Å². The molecule has 0 radical (unpaired) electrons. The fraction of sp³-hybridized carbons (Fsp3) is 0.458. The van der Waals surface area contributed by atoms with Gasteiger partial charge in [0.15, 0.2) is 16.9 Å². The van der Waals surface area contributed by atoms with Gasteiger partial charge in [-0.25, -0.2) is 0 Å². The molecule has 1 aliphatic carbocycles. The Kier molecular flexibility index (Phi) is 6.25. The van der Waals surface area contributed by atoms with Crippen molar-refractivity contribution in [3.05, 3.63) is 46.7 Å². The van der Waals surface area contributed by atoms with E-state index in [1.165, 1.54) is 0 Å². The zero-order valence-electron chi connectivity index (χ0n) is 18.3. The van der Waals surface area contributed by atoms with E-state index in [9.17, 15) is 15.8 Å². The van der Waals surface area contributed by atoms with Crippen molar-refractivity contribution in [2.75, 3.05) is 26.7 Å². The predicted molar refractivity (Wildman–Crippen MR) is 116 cm³/mol. The Balaban J connectivity index is 2.26. The molecule has 0 unspecified atom stereocenters. The van der Waals surface area contributed by atoms with E-state index in [4.69, 9.17) is 15.2 Å². The normalized spacial score (nSPS) is 22.6. The van der Waals surface area contributed by atoms with Gasteiger partial charge in [-0.1, -0.05) is 12.1 Å². The van der Waals surface area contributed by atoms with Gasteiger partial charge in [0.1, 0.15) is 6.07 Å². The summed E-state index contributed by atoms with van der Waals surface area (Å²) < 4.78 is 11.7. The molecule has 0 saturated heterocycles. The highest BCUT2D eigenvalue weighted by atomic mass is 16.5. The molecule has 7 nitrogen and oxygen atoms in total. The summed E-state index contributed by atoms with van der Waals surface area (Å²) in [6.45, 7) is 7.49. The first kappa shape index (κ1) is 22.2.